The van der Waals surface area contributed by atoms with Crippen molar-refractivity contribution in [1.29, 1.82) is 0 Å². The van der Waals surface area contributed by atoms with Crippen LogP contribution in [0.5, 0.6) is 0 Å². The van der Waals surface area contributed by atoms with Gasteiger partial charge in [0.25, 0.3) is 11.8 Å². The Labute approximate surface area is 179 Å². The Bertz CT molecular complexity index is 1090. The van der Waals surface area contributed by atoms with Gasteiger partial charge in [-0.25, -0.2) is 4.68 Å². The van der Waals surface area contributed by atoms with Crippen LogP contribution in [0.3, 0.4) is 0 Å². The standard InChI is InChI=1S/C22H23N5O4/c1-2-3-13-27-18(23-24-25-27)14-31-19(28)11-6-12-26-21(29)16-9-4-7-15-8-5-10-17(20(15)16)22(26)30/h4-5,7-10H,2-3,6,11-14H2,1H3. The number of esters is 1. The predicted octanol–water partition coefficient (Wildman–Crippen LogP) is 2.75. The van der Waals surface area contributed by atoms with Crippen LogP contribution < -0.4 is 0 Å². The lowest BCUT2D eigenvalue weighted by molar-refractivity contribution is -0.145. The highest BCUT2D eigenvalue weighted by Gasteiger charge is 2.32. The number of rotatable bonds is 9. The third-order valence-corrected chi connectivity index (χ3v) is 5.31. The minimum absolute atomic E-state index is 0.00744. The van der Waals surface area contributed by atoms with E-state index in [1.54, 1.807) is 28.9 Å². The number of nitrogens with zero attached hydrogens (tertiary/aromatic N) is 5. The Morgan fingerprint density at radius 3 is 2.39 bits per heavy atom. The van der Waals surface area contributed by atoms with Crippen LogP contribution >= 0.6 is 0 Å². The molecular weight excluding hydrogens is 398 g/mol. The van der Waals surface area contributed by atoms with E-state index in [0.717, 1.165) is 18.2 Å². The molecule has 1 aliphatic heterocycles. The van der Waals surface area contributed by atoms with Gasteiger partial charge in [0.05, 0.1) is 0 Å². The third-order valence-electron chi connectivity index (χ3n) is 5.31. The molecule has 0 spiro atoms. The molecule has 1 aliphatic rings. The summed E-state index contributed by atoms with van der Waals surface area (Å²) < 4.78 is 6.89. The second-order valence-electron chi connectivity index (χ2n) is 7.41. The zero-order valence-corrected chi connectivity index (χ0v) is 17.3. The van der Waals surface area contributed by atoms with Crippen molar-refractivity contribution in [2.75, 3.05) is 6.54 Å². The quantitative estimate of drug-likeness (QED) is 0.386. The van der Waals surface area contributed by atoms with E-state index in [-0.39, 0.29) is 31.4 Å². The van der Waals surface area contributed by atoms with E-state index in [1.165, 1.54) is 4.90 Å². The highest BCUT2D eigenvalue weighted by Crippen LogP contribution is 2.30. The maximum absolute atomic E-state index is 12.9. The number of unbranched alkanes of at least 4 members (excludes halogenated alkanes) is 1. The number of hydrogen-bond donors (Lipinski definition) is 0. The van der Waals surface area contributed by atoms with Gasteiger partial charge in [0.1, 0.15) is 0 Å². The van der Waals surface area contributed by atoms with Crippen molar-refractivity contribution in [2.45, 2.75) is 45.8 Å². The van der Waals surface area contributed by atoms with E-state index in [1.807, 2.05) is 12.1 Å². The van der Waals surface area contributed by atoms with Crippen LogP contribution in [0, 0.1) is 0 Å². The molecular formula is C22H23N5O4. The molecule has 0 radical (unpaired) electrons. The fraction of sp³-hybridized carbons (Fsp3) is 0.364. The lowest BCUT2D eigenvalue weighted by atomic mass is 9.94. The molecule has 0 atom stereocenters. The maximum atomic E-state index is 12.9. The first-order valence-electron chi connectivity index (χ1n) is 10.4. The SMILES string of the molecule is CCCCn1nnnc1COC(=O)CCCN1C(=O)c2cccc3cccc(c23)C1=O. The lowest BCUT2D eigenvalue weighted by Crippen LogP contribution is -2.41. The number of tetrazole rings is 1. The lowest BCUT2D eigenvalue weighted by Gasteiger charge is -2.27. The highest BCUT2D eigenvalue weighted by atomic mass is 16.5. The molecule has 9 heteroatoms. The molecule has 0 saturated carbocycles. The summed E-state index contributed by atoms with van der Waals surface area (Å²) in [6, 6.07) is 10.8. The van der Waals surface area contributed by atoms with E-state index in [4.69, 9.17) is 4.74 Å². The molecule has 2 aromatic carbocycles. The summed E-state index contributed by atoms with van der Waals surface area (Å²) in [5.41, 5.74) is 1.02. The van der Waals surface area contributed by atoms with Crippen molar-refractivity contribution in [1.82, 2.24) is 25.1 Å². The van der Waals surface area contributed by atoms with E-state index in [2.05, 4.69) is 22.4 Å². The molecule has 0 aliphatic carbocycles. The Morgan fingerprint density at radius 1 is 1.00 bits per heavy atom. The fourth-order valence-electron chi connectivity index (χ4n) is 3.69. The zero-order valence-electron chi connectivity index (χ0n) is 17.3. The molecule has 0 saturated heterocycles. The molecule has 4 rings (SSSR count). The molecule has 0 unspecified atom stereocenters. The molecule has 0 N–H and O–H groups in total. The molecule has 0 fully saturated rings. The minimum atomic E-state index is -0.426. The van der Waals surface area contributed by atoms with Crippen LogP contribution in [0.15, 0.2) is 36.4 Å². The van der Waals surface area contributed by atoms with Crippen LogP contribution in [0.25, 0.3) is 10.8 Å². The number of hydrogen-bond acceptors (Lipinski definition) is 7. The largest absolute Gasteiger partial charge is 0.457 e. The van der Waals surface area contributed by atoms with Crippen molar-refractivity contribution < 1.29 is 19.1 Å². The number of carbonyl (C=O) groups is 3. The summed E-state index contributed by atoms with van der Waals surface area (Å²) in [6.45, 7) is 2.88. The predicted molar refractivity (Wildman–Crippen MR) is 111 cm³/mol. The topological polar surface area (TPSA) is 107 Å². The van der Waals surface area contributed by atoms with E-state index in [9.17, 15) is 14.4 Å². The average molecular weight is 421 g/mol. The van der Waals surface area contributed by atoms with Gasteiger partial charge >= 0.3 is 5.97 Å². The van der Waals surface area contributed by atoms with Gasteiger partial charge in [-0.15, -0.1) is 5.10 Å². The zero-order chi connectivity index (χ0) is 21.8. The Morgan fingerprint density at radius 2 is 1.71 bits per heavy atom. The van der Waals surface area contributed by atoms with Crippen LogP contribution in [-0.2, 0) is 22.7 Å². The summed E-state index contributed by atoms with van der Waals surface area (Å²) in [5, 5.41) is 12.9. The van der Waals surface area contributed by atoms with Crippen molar-refractivity contribution in [3.63, 3.8) is 0 Å². The first-order chi connectivity index (χ1) is 15.1. The van der Waals surface area contributed by atoms with Crippen molar-refractivity contribution in [3.8, 4) is 0 Å². The number of imide groups is 1. The van der Waals surface area contributed by atoms with E-state index >= 15 is 0 Å². The molecule has 0 bridgehead atoms. The smallest absolute Gasteiger partial charge is 0.306 e. The van der Waals surface area contributed by atoms with Gasteiger partial charge in [-0.2, -0.15) is 0 Å². The summed E-state index contributed by atoms with van der Waals surface area (Å²) in [6.07, 6.45) is 2.33. The van der Waals surface area contributed by atoms with E-state index in [0.29, 0.717) is 35.3 Å². The van der Waals surface area contributed by atoms with Gasteiger partial charge < -0.3 is 4.74 Å². The molecule has 2 amide bonds. The number of carbonyl (C=O) groups excluding carboxylic acids is 3. The highest BCUT2D eigenvalue weighted by molar-refractivity contribution is 6.25. The molecule has 9 nitrogen and oxygen atoms in total. The summed E-state index contributed by atoms with van der Waals surface area (Å²) in [7, 11) is 0. The van der Waals surface area contributed by atoms with Gasteiger partial charge in [0.15, 0.2) is 12.4 Å². The van der Waals surface area contributed by atoms with Gasteiger partial charge in [0.2, 0.25) is 0 Å². The normalized spacial score (nSPS) is 13.1. The number of amides is 2. The van der Waals surface area contributed by atoms with Crippen LogP contribution in [0.2, 0.25) is 0 Å². The second kappa shape index (κ2) is 9.03. The monoisotopic (exact) mass is 421 g/mol. The Kier molecular flexibility index (Phi) is 6.01. The number of ether oxygens (including phenoxy) is 1. The molecule has 31 heavy (non-hydrogen) atoms. The molecule has 3 aromatic rings. The number of benzene rings is 2. The van der Waals surface area contributed by atoms with Crippen molar-refractivity contribution in [3.05, 3.63) is 53.3 Å². The number of aromatic nitrogens is 4. The fourth-order valence-corrected chi connectivity index (χ4v) is 3.69. The minimum Gasteiger partial charge on any atom is -0.457 e. The van der Waals surface area contributed by atoms with Crippen LogP contribution in [0.1, 0.15) is 59.1 Å². The average Bonchev–Trinajstić information content (AvgIpc) is 3.24. The molecule has 160 valence electrons. The van der Waals surface area contributed by atoms with Crippen LogP contribution in [-0.4, -0.2) is 49.4 Å². The maximum Gasteiger partial charge on any atom is 0.306 e. The summed E-state index contributed by atoms with van der Waals surface area (Å²) in [4.78, 5) is 39.1. The van der Waals surface area contributed by atoms with Gasteiger partial charge in [0, 0.05) is 36.0 Å². The van der Waals surface area contributed by atoms with Gasteiger partial charge in [-0.05, 0) is 40.8 Å². The van der Waals surface area contributed by atoms with Gasteiger partial charge in [-0.1, -0.05) is 37.6 Å². The Hall–Kier alpha value is -3.62. The summed E-state index contributed by atoms with van der Waals surface area (Å²) in [5.74, 6) is -0.604. The van der Waals surface area contributed by atoms with Gasteiger partial charge in [-0.3, -0.25) is 19.3 Å². The van der Waals surface area contributed by atoms with Crippen LogP contribution in [0.4, 0.5) is 0 Å². The third kappa shape index (κ3) is 4.16. The van der Waals surface area contributed by atoms with Crippen molar-refractivity contribution >= 4 is 28.6 Å². The van der Waals surface area contributed by atoms with E-state index < -0.39 is 5.97 Å². The van der Waals surface area contributed by atoms with Crippen molar-refractivity contribution in [2.24, 2.45) is 0 Å². The molecule has 2 heterocycles. The number of aryl methyl sites for hydroxylation is 1. The first kappa shape index (κ1) is 20.6. The summed E-state index contributed by atoms with van der Waals surface area (Å²) >= 11 is 0. The first-order valence-corrected chi connectivity index (χ1v) is 10.4. The molecule has 1 aromatic heterocycles. The Balaban J connectivity index is 1.33. The second-order valence-corrected chi connectivity index (χ2v) is 7.41.